The monoisotopic (exact) mass is 382 g/mol. The van der Waals surface area contributed by atoms with E-state index < -0.39 is 0 Å². The molecule has 27 heavy (non-hydrogen) atoms. The van der Waals surface area contributed by atoms with Crippen LogP contribution >= 0.6 is 11.6 Å². The average molecular weight is 383 g/mol. The van der Waals surface area contributed by atoms with Crippen LogP contribution in [0.25, 0.3) is 11.0 Å². The number of aromatic nitrogens is 3. The van der Waals surface area contributed by atoms with E-state index in [2.05, 4.69) is 23.4 Å². The molecule has 0 saturated carbocycles. The van der Waals surface area contributed by atoms with Crippen molar-refractivity contribution in [3.05, 3.63) is 59.1 Å². The topological polar surface area (TPSA) is 51.0 Å². The third kappa shape index (κ3) is 3.56. The maximum atomic E-state index is 12.7. The molecule has 1 aliphatic rings. The van der Waals surface area contributed by atoms with E-state index in [1.807, 2.05) is 41.4 Å². The number of hydrogen-bond donors (Lipinski definition) is 0. The smallest absolute Gasteiger partial charge is 0.227 e. The van der Waals surface area contributed by atoms with Crippen molar-refractivity contribution >= 4 is 28.5 Å². The Morgan fingerprint density at radius 1 is 1.33 bits per heavy atom. The van der Waals surface area contributed by atoms with Crippen LogP contribution in [-0.4, -0.2) is 38.4 Å². The molecule has 1 aliphatic heterocycles. The number of likely N-dealkylation sites (tertiary alicyclic amines) is 1. The first-order valence-corrected chi connectivity index (χ1v) is 9.75. The first-order valence-electron chi connectivity index (χ1n) is 9.37. The van der Waals surface area contributed by atoms with Gasteiger partial charge in [-0.3, -0.25) is 9.78 Å². The molecule has 4 rings (SSSR count). The van der Waals surface area contributed by atoms with Gasteiger partial charge in [0.25, 0.3) is 0 Å². The lowest BCUT2D eigenvalue weighted by Gasteiger charge is -2.19. The molecule has 6 heteroatoms. The van der Waals surface area contributed by atoms with Crippen molar-refractivity contribution < 1.29 is 4.79 Å². The van der Waals surface area contributed by atoms with Gasteiger partial charge in [-0.1, -0.05) is 23.7 Å². The molecule has 0 unspecified atom stereocenters. The first-order chi connectivity index (χ1) is 13.0. The summed E-state index contributed by atoms with van der Waals surface area (Å²) in [6.07, 6.45) is 4.98. The summed E-state index contributed by atoms with van der Waals surface area (Å²) in [5.74, 6) is 1.46. The second-order valence-corrected chi connectivity index (χ2v) is 7.87. The fraction of sp³-hybridized carbons (Fsp3) is 0.381. The van der Waals surface area contributed by atoms with Gasteiger partial charge in [-0.2, -0.15) is 0 Å². The molecular weight excluding hydrogens is 360 g/mol. The Morgan fingerprint density at radius 2 is 2.19 bits per heavy atom. The van der Waals surface area contributed by atoms with Crippen LogP contribution in [0.5, 0.6) is 0 Å². The summed E-state index contributed by atoms with van der Waals surface area (Å²) in [5, 5.41) is 0.666. The number of imidazole rings is 1. The average Bonchev–Trinajstić information content (AvgIpc) is 3.26. The quantitative estimate of drug-likeness (QED) is 0.678. The van der Waals surface area contributed by atoms with Crippen molar-refractivity contribution in [3.63, 3.8) is 0 Å². The summed E-state index contributed by atoms with van der Waals surface area (Å²) in [6.45, 7) is 5.80. The fourth-order valence-corrected chi connectivity index (χ4v) is 4.13. The lowest BCUT2D eigenvalue weighted by molar-refractivity contribution is -0.129. The van der Waals surface area contributed by atoms with Gasteiger partial charge in [0, 0.05) is 36.3 Å². The van der Waals surface area contributed by atoms with Crippen molar-refractivity contribution in [2.45, 2.75) is 38.6 Å². The number of pyridine rings is 1. The highest BCUT2D eigenvalue weighted by molar-refractivity contribution is 6.30. The van der Waals surface area contributed by atoms with E-state index in [-0.39, 0.29) is 11.8 Å². The van der Waals surface area contributed by atoms with Gasteiger partial charge >= 0.3 is 0 Å². The third-order valence-corrected chi connectivity index (χ3v) is 5.42. The maximum Gasteiger partial charge on any atom is 0.227 e. The van der Waals surface area contributed by atoms with E-state index in [4.69, 9.17) is 16.6 Å². The Hall–Kier alpha value is -2.40. The fourth-order valence-electron chi connectivity index (χ4n) is 3.92. The van der Waals surface area contributed by atoms with Gasteiger partial charge in [-0.25, -0.2) is 4.98 Å². The minimum Gasteiger partial charge on any atom is -0.342 e. The molecular formula is C21H23ClN4O. The van der Waals surface area contributed by atoms with Crippen LogP contribution in [0.1, 0.15) is 43.6 Å². The predicted octanol–water partition coefficient (Wildman–Crippen LogP) is 4.22. The number of carbonyl (C=O) groups is 1. The SMILES string of the molecule is CC(C)n1c([C@@H]2CCN(C(=O)Cc3cccc(Cl)c3)C2)nc2ccncc21. The van der Waals surface area contributed by atoms with Gasteiger partial charge in [0.2, 0.25) is 5.91 Å². The lowest BCUT2D eigenvalue weighted by Crippen LogP contribution is -2.30. The summed E-state index contributed by atoms with van der Waals surface area (Å²) in [7, 11) is 0. The molecule has 0 radical (unpaired) electrons. The predicted molar refractivity (Wildman–Crippen MR) is 107 cm³/mol. The van der Waals surface area contributed by atoms with E-state index >= 15 is 0 Å². The molecule has 3 aromatic rings. The number of carbonyl (C=O) groups excluding carboxylic acids is 1. The molecule has 0 bridgehead atoms. The van der Waals surface area contributed by atoms with Gasteiger partial charge < -0.3 is 9.47 Å². The highest BCUT2D eigenvalue weighted by atomic mass is 35.5. The van der Waals surface area contributed by atoms with E-state index in [1.54, 1.807) is 6.20 Å². The summed E-state index contributed by atoms with van der Waals surface area (Å²) in [4.78, 5) is 23.8. The summed E-state index contributed by atoms with van der Waals surface area (Å²) in [5.41, 5.74) is 2.99. The van der Waals surface area contributed by atoms with Crippen LogP contribution < -0.4 is 0 Å². The second-order valence-electron chi connectivity index (χ2n) is 7.43. The number of rotatable bonds is 4. The minimum absolute atomic E-state index is 0.147. The Balaban J connectivity index is 1.53. The van der Waals surface area contributed by atoms with Crippen molar-refractivity contribution in [2.75, 3.05) is 13.1 Å². The van der Waals surface area contributed by atoms with E-state index in [9.17, 15) is 4.79 Å². The molecule has 3 heterocycles. The third-order valence-electron chi connectivity index (χ3n) is 5.19. The number of halogens is 1. The Labute approximate surface area is 164 Å². The molecule has 2 aromatic heterocycles. The van der Waals surface area contributed by atoms with E-state index in [0.717, 1.165) is 35.4 Å². The number of hydrogen-bond acceptors (Lipinski definition) is 3. The van der Waals surface area contributed by atoms with Crippen LogP contribution in [0.4, 0.5) is 0 Å². The van der Waals surface area contributed by atoms with Crippen LogP contribution in [0.3, 0.4) is 0 Å². The number of fused-ring (bicyclic) bond motifs is 1. The van der Waals surface area contributed by atoms with Gasteiger partial charge in [-0.15, -0.1) is 0 Å². The summed E-state index contributed by atoms with van der Waals surface area (Å²) >= 11 is 6.04. The van der Waals surface area contributed by atoms with Crippen LogP contribution in [0.2, 0.25) is 5.02 Å². The molecule has 0 spiro atoms. The van der Waals surface area contributed by atoms with E-state index in [0.29, 0.717) is 24.0 Å². The molecule has 1 fully saturated rings. The number of benzene rings is 1. The molecule has 1 saturated heterocycles. The normalized spacial score (nSPS) is 17.2. The molecule has 5 nitrogen and oxygen atoms in total. The van der Waals surface area contributed by atoms with Crippen LogP contribution in [-0.2, 0) is 11.2 Å². The molecule has 0 aliphatic carbocycles. The summed E-state index contributed by atoms with van der Waals surface area (Å²) < 4.78 is 2.26. The van der Waals surface area contributed by atoms with Gasteiger partial charge in [-0.05, 0) is 44.0 Å². The van der Waals surface area contributed by atoms with Gasteiger partial charge in [0.05, 0.1) is 23.7 Å². The highest BCUT2D eigenvalue weighted by Gasteiger charge is 2.31. The molecule has 140 valence electrons. The van der Waals surface area contributed by atoms with Crippen LogP contribution in [0.15, 0.2) is 42.7 Å². The van der Waals surface area contributed by atoms with Crippen LogP contribution in [0, 0.1) is 0 Å². The Kier molecular flexibility index (Phi) is 4.87. The molecule has 0 N–H and O–H groups in total. The van der Waals surface area contributed by atoms with Gasteiger partial charge in [0.15, 0.2) is 0 Å². The first kappa shape index (κ1) is 18.0. The number of nitrogens with zero attached hydrogens (tertiary/aromatic N) is 4. The zero-order valence-corrected chi connectivity index (χ0v) is 16.4. The molecule has 1 amide bonds. The molecule has 1 aromatic carbocycles. The highest BCUT2D eigenvalue weighted by Crippen LogP contribution is 2.31. The standard InChI is InChI=1S/C21H23ClN4O/c1-14(2)26-19-12-23-8-6-18(19)24-21(26)16-7-9-25(13-16)20(27)11-15-4-3-5-17(22)10-15/h3-6,8,10,12,14,16H,7,9,11,13H2,1-2H3/t16-/m1/s1. The lowest BCUT2D eigenvalue weighted by atomic mass is 10.1. The zero-order valence-electron chi connectivity index (χ0n) is 15.6. The van der Waals surface area contributed by atoms with Crippen molar-refractivity contribution in [1.82, 2.24) is 19.4 Å². The van der Waals surface area contributed by atoms with Gasteiger partial charge in [0.1, 0.15) is 5.82 Å². The maximum absolute atomic E-state index is 12.7. The largest absolute Gasteiger partial charge is 0.342 e. The minimum atomic E-state index is 0.147. The van der Waals surface area contributed by atoms with E-state index in [1.165, 1.54) is 0 Å². The van der Waals surface area contributed by atoms with Crippen molar-refractivity contribution in [1.29, 1.82) is 0 Å². The number of amides is 1. The Bertz CT molecular complexity index is 981. The Morgan fingerprint density at radius 3 is 2.96 bits per heavy atom. The second kappa shape index (κ2) is 7.31. The van der Waals surface area contributed by atoms with Crippen molar-refractivity contribution in [3.8, 4) is 0 Å². The zero-order chi connectivity index (χ0) is 19.0. The molecule has 1 atom stereocenters. The van der Waals surface area contributed by atoms with Crippen molar-refractivity contribution in [2.24, 2.45) is 0 Å². The summed E-state index contributed by atoms with van der Waals surface area (Å²) in [6, 6.07) is 9.77.